The minimum Gasteiger partial charge on any atom is -0.369 e. The van der Waals surface area contributed by atoms with E-state index in [1.165, 1.54) is 12.1 Å². The van der Waals surface area contributed by atoms with Gasteiger partial charge in [0.2, 0.25) is 0 Å². The first kappa shape index (κ1) is 13.6. The maximum atomic E-state index is 13.6. The molecule has 1 atom stereocenters. The van der Waals surface area contributed by atoms with Crippen LogP contribution in [0.4, 0.5) is 10.1 Å². The average molecular weight is 283 g/mol. The Balaban J connectivity index is 2.13. The van der Waals surface area contributed by atoms with Crippen LogP contribution in [0, 0.1) is 5.82 Å². The fraction of sp³-hybridized carbons (Fsp3) is 0.235. The quantitative estimate of drug-likeness (QED) is 0.939. The molecule has 3 rings (SSSR count). The highest BCUT2D eigenvalue weighted by Gasteiger charge is 2.43. The van der Waals surface area contributed by atoms with E-state index >= 15 is 0 Å². The molecule has 0 aromatic heterocycles. The van der Waals surface area contributed by atoms with Gasteiger partial charge in [0, 0.05) is 5.69 Å². The lowest BCUT2D eigenvalue weighted by molar-refractivity contribution is 0.461. The molecular formula is C17H18FN3. The summed E-state index contributed by atoms with van der Waals surface area (Å²) in [5, 5.41) is 0. The summed E-state index contributed by atoms with van der Waals surface area (Å²) in [7, 11) is 0. The molecule has 1 unspecified atom stereocenters. The van der Waals surface area contributed by atoms with Crippen molar-refractivity contribution < 1.29 is 4.39 Å². The van der Waals surface area contributed by atoms with Gasteiger partial charge in [0.25, 0.3) is 0 Å². The van der Waals surface area contributed by atoms with Crippen LogP contribution in [-0.4, -0.2) is 12.5 Å². The van der Waals surface area contributed by atoms with E-state index in [9.17, 15) is 4.39 Å². The summed E-state index contributed by atoms with van der Waals surface area (Å²) in [6.45, 7) is 2.68. The molecule has 1 aliphatic heterocycles. The molecule has 2 aromatic carbocycles. The van der Waals surface area contributed by atoms with Crippen molar-refractivity contribution in [3.63, 3.8) is 0 Å². The van der Waals surface area contributed by atoms with E-state index in [4.69, 9.17) is 5.73 Å². The molecule has 1 aliphatic rings. The van der Waals surface area contributed by atoms with Crippen LogP contribution in [0.5, 0.6) is 0 Å². The molecule has 4 heteroatoms. The number of hydrogen-bond donors (Lipinski definition) is 1. The molecule has 108 valence electrons. The van der Waals surface area contributed by atoms with E-state index in [2.05, 4.69) is 24.0 Å². The lowest BCUT2D eigenvalue weighted by atomic mass is 9.86. The summed E-state index contributed by atoms with van der Waals surface area (Å²) in [6.07, 6.45) is 0.831. The van der Waals surface area contributed by atoms with Crippen molar-refractivity contribution in [2.75, 3.05) is 11.4 Å². The Labute approximate surface area is 123 Å². The lowest BCUT2D eigenvalue weighted by Crippen LogP contribution is -2.49. The van der Waals surface area contributed by atoms with Crippen molar-refractivity contribution in [2.24, 2.45) is 10.7 Å². The van der Waals surface area contributed by atoms with Crippen LogP contribution in [-0.2, 0) is 5.54 Å². The Morgan fingerprint density at radius 1 is 1.19 bits per heavy atom. The van der Waals surface area contributed by atoms with E-state index in [1.54, 1.807) is 6.07 Å². The van der Waals surface area contributed by atoms with Crippen molar-refractivity contribution in [3.05, 3.63) is 66.0 Å². The molecular weight excluding hydrogens is 265 g/mol. The van der Waals surface area contributed by atoms with Gasteiger partial charge in [0.15, 0.2) is 5.96 Å². The van der Waals surface area contributed by atoms with Crippen LogP contribution in [0.3, 0.4) is 0 Å². The number of nitrogens with two attached hydrogens (primary N) is 1. The first-order valence-electron chi connectivity index (χ1n) is 7.08. The van der Waals surface area contributed by atoms with Gasteiger partial charge in [-0.1, -0.05) is 43.3 Å². The summed E-state index contributed by atoms with van der Waals surface area (Å²) in [5.41, 5.74) is 7.63. The molecule has 0 saturated carbocycles. The zero-order valence-corrected chi connectivity index (χ0v) is 12.0. The summed E-state index contributed by atoms with van der Waals surface area (Å²) >= 11 is 0. The van der Waals surface area contributed by atoms with Crippen LogP contribution in [0.2, 0.25) is 0 Å². The summed E-state index contributed by atoms with van der Waals surface area (Å²) < 4.78 is 13.6. The first-order valence-corrected chi connectivity index (χ1v) is 7.08. The molecule has 0 spiro atoms. The zero-order valence-electron chi connectivity index (χ0n) is 12.0. The van der Waals surface area contributed by atoms with Gasteiger partial charge >= 0.3 is 0 Å². The van der Waals surface area contributed by atoms with Crippen LogP contribution in [0.1, 0.15) is 18.9 Å². The molecule has 3 nitrogen and oxygen atoms in total. The van der Waals surface area contributed by atoms with Crippen molar-refractivity contribution in [3.8, 4) is 0 Å². The van der Waals surface area contributed by atoms with Gasteiger partial charge in [-0.25, -0.2) is 4.39 Å². The second-order valence-electron chi connectivity index (χ2n) is 5.24. The largest absolute Gasteiger partial charge is 0.369 e. The molecule has 0 bridgehead atoms. The molecule has 2 N–H and O–H groups in total. The lowest BCUT2D eigenvalue weighted by Gasteiger charge is -2.39. The molecule has 1 heterocycles. The van der Waals surface area contributed by atoms with E-state index in [0.29, 0.717) is 12.5 Å². The maximum absolute atomic E-state index is 13.6. The van der Waals surface area contributed by atoms with E-state index in [1.807, 2.05) is 29.2 Å². The van der Waals surface area contributed by atoms with Crippen LogP contribution < -0.4 is 10.6 Å². The first-order chi connectivity index (χ1) is 10.2. The Morgan fingerprint density at radius 2 is 1.95 bits per heavy atom. The highest BCUT2D eigenvalue weighted by atomic mass is 19.1. The van der Waals surface area contributed by atoms with Crippen molar-refractivity contribution in [2.45, 2.75) is 18.9 Å². The minimum atomic E-state index is -0.348. The van der Waals surface area contributed by atoms with Gasteiger partial charge in [-0.2, -0.15) is 0 Å². The Morgan fingerprint density at radius 3 is 2.62 bits per heavy atom. The molecule has 2 aromatic rings. The van der Waals surface area contributed by atoms with Gasteiger partial charge in [-0.15, -0.1) is 0 Å². The van der Waals surface area contributed by atoms with Crippen molar-refractivity contribution >= 4 is 11.6 Å². The number of anilines is 1. The fourth-order valence-corrected chi connectivity index (χ4v) is 3.01. The van der Waals surface area contributed by atoms with Crippen LogP contribution in [0.15, 0.2) is 59.6 Å². The number of guanidine groups is 1. The number of rotatable bonds is 3. The van der Waals surface area contributed by atoms with Crippen molar-refractivity contribution in [1.29, 1.82) is 0 Å². The molecule has 0 radical (unpaired) electrons. The van der Waals surface area contributed by atoms with Gasteiger partial charge in [-0.3, -0.25) is 4.99 Å². The number of benzene rings is 2. The van der Waals surface area contributed by atoms with Gasteiger partial charge in [0.1, 0.15) is 5.82 Å². The van der Waals surface area contributed by atoms with Gasteiger partial charge in [-0.05, 0) is 30.2 Å². The number of halogens is 1. The zero-order chi connectivity index (χ0) is 14.9. The third kappa shape index (κ3) is 2.17. The SMILES string of the molecule is CCC1(c2ccccc2)CN=C(N)N1c1cccc(F)c1. The molecule has 0 aliphatic carbocycles. The molecule has 0 fully saturated rings. The predicted octanol–water partition coefficient (Wildman–Crippen LogP) is 3.27. The second-order valence-corrected chi connectivity index (χ2v) is 5.24. The average Bonchev–Trinajstić information content (AvgIpc) is 2.86. The molecule has 21 heavy (non-hydrogen) atoms. The second kappa shape index (κ2) is 5.20. The molecule has 0 saturated heterocycles. The highest BCUT2D eigenvalue weighted by Crippen LogP contribution is 2.39. The minimum absolute atomic E-state index is 0.273. The van der Waals surface area contributed by atoms with Crippen LogP contribution >= 0.6 is 0 Å². The van der Waals surface area contributed by atoms with Crippen molar-refractivity contribution in [1.82, 2.24) is 0 Å². The number of nitrogens with zero attached hydrogens (tertiary/aromatic N) is 2. The third-order valence-electron chi connectivity index (χ3n) is 4.12. The van der Waals surface area contributed by atoms with E-state index < -0.39 is 0 Å². The Bertz CT molecular complexity index is 669. The topological polar surface area (TPSA) is 41.6 Å². The summed E-state index contributed by atoms with van der Waals surface area (Å²) in [5.74, 6) is 0.163. The van der Waals surface area contributed by atoms with E-state index in [-0.39, 0.29) is 11.4 Å². The number of hydrogen-bond acceptors (Lipinski definition) is 3. The Hall–Kier alpha value is -2.36. The Kier molecular flexibility index (Phi) is 3.37. The van der Waals surface area contributed by atoms with Gasteiger partial charge < -0.3 is 10.6 Å². The number of aliphatic imine (C=N–C) groups is 1. The smallest absolute Gasteiger partial charge is 0.196 e. The summed E-state index contributed by atoms with van der Waals surface area (Å²) in [4.78, 5) is 6.37. The maximum Gasteiger partial charge on any atom is 0.196 e. The fourth-order valence-electron chi connectivity index (χ4n) is 3.01. The third-order valence-corrected chi connectivity index (χ3v) is 4.12. The standard InChI is InChI=1S/C17H18FN3/c1-2-17(13-7-4-3-5-8-13)12-20-16(19)21(17)15-10-6-9-14(18)11-15/h3-11H,2,12H2,1H3,(H2,19,20). The molecule has 0 amide bonds. The van der Waals surface area contributed by atoms with E-state index in [0.717, 1.165) is 17.7 Å². The normalized spacial score (nSPS) is 21.4. The summed E-state index contributed by atoms with van der Waals surface area (Å²) in [6, 6.07) is 16.6. The predicted molar refractivity (Wildman–Crippen MR) is 83.8 cm³/mol. The van der Waals surface area contributed by atoms with Crippen LogP contribution in [0.25, 0.3) is 0 Å². The monoisotopic (exact) mass is 283 g/mol. The van der Waals surface area contributed by atoms with Gasteiger partial charge in [0.05, 0.1) is 12.1 Å². The highest BCUT2D eigenvalue weighted by molar-refractivity contribution is 5.98.